The average molecular weight is 454 g/mol. The van der Waals surface area contributed by atoms with E-state index in [1.54, 1.807) is 6.20 Å². The smallest absolute Gasteiger partial charge is 0.237 e. The molecular formula is C28H31N5O. The number of nitrogens with one attached hydrogen (secondary N) is 2. The van der Waals surface area contributed by atoms with Gasteiger partial charge in [-0.15, -0.1) is 0 Å². The predicted octanol–water partition coefficient (Wildman–Crippen LogP) is 4.40. The van der Waals surface area contributed by atoms with E-state index >= 15 is 0 Å². The Morgan fingerprint density at radius 3 is 2.74 bits per heavy atom. The van der Waals surface area contributed by atoms with Crippen molar-refractivity contribution in [2.75, 3.05) is 0 Å². The molecule has 4 heterocycles. The van der Waals surface area contributed by atoms with E-state index in [-0.39, 0.29) is 18.0 Å². The molecule has 6 nitrogen and oxygen atoms in total. The number of amides is 1. The topological polar surface area (TPSA) is 71.8 Å². The molecule has 0 bridgehead atoms. The van der Waals surface area contributed by atoms with Crippen molar-refractivity contribution < 1.29 is 4.79 Å². The van der Waals surface area contributed by atoms with Crippen LogP contribution < -0.4 is 10.6 Å². The van der Waals surface area contributed by atoms with Crippen molar-refractivity contribution in [3.8, 4) is 0 Å². The van der Waals surface area contributed by atoms with Gasteiger partial charge in [0.2, 0.25) is 5.91 Å². The molecule has 0 saturated carbocycles. The summed E-state index contributed by atoms with van der Waals surface area (Å²) < 4.78 is 2.31. The normalized spacial score (nSPS) is 17.6. The van der Waals surface area contributed by atoms with Gasteiger partial charge in [0.05, 0.1) is 18.3 Å². The summed E-state index contributed by atoms with van der Waals surface area (Å²) in [6.45, 7) is 5.68. The van der Waals surface area contributed by atoms with Gasteiger partial charge >= 0.3 is 0 Å². The van der Waals surface area contributed by atoms with Gasteiger partial charge in [-0.3, -0.25) is 20.1 Å². The average Bonchev–Trinajstić information content (AvgIpc) is 3.11. The van der Waals surface area contributed by atoms with Crippen molar-refractivity contribution >= 4 is 16.8 Å². The van der Waals surface area contributed by atoms with Gasteiger partial charge < -0.3 is 9.88 Å². The number of pyridine rings is 2. The molecule has 2 unspecified atom stereocenters. The van der Waals surface area contributed by atoms with E-state index in [1.807, 2.05) is 30.6 Å². The third kappa shape index (κ3) is 4.73. The van der Waals surface area contributed by atoms with Crippen molar-refractivity contribution in [2.24, 2.45) is 5.92 Å². The first-order chi connectivity index (χ1) is 16.6. The zero-order valence-corrected chi connectivity index (χ0v) is 19.7. The molecule has 2 atom stereocenters. The van der Waals surface area contributed by atoms with Crippen LogP contribution in [0, 0.1) is 5.92 Å². The van der Waals surface area contributed by atoms with Crippen LogP contribution in [-0.4, -0.2) is 26.5 Å². The van der Waals surface area contributed by atoms with Crippen LogP contribution in [0.15, 0.2) is 73.3 Å². The van der Waals surface area contributed by atoms with Crippen LogP contribution >= 0.6 is 0 Å². The number of nitrogens with zero attached hydrogens (tertiary/aromatic N) is 3. The Morgan fingerprint density at radius 2 is 1.97 bits per heavy atom. The summed E-state index contributed by atoms with van der Waals surface area (Å²) >= 11 is 0. The fraction of sp³-hybridized carbons (Fsp3) is 0.321. The number of carbonyl (C=O) groups excluding carboxylic acids is 1. The molecule has 0 aliphatic carbocycles. The Balaban J connectivity index is 1.48. The quantitative estimate of drug-likeness (QED) is 0.435. The highest BCUT2D eigenvalue weighted by Gasteiger charge is 2.30. The molecule has 0 fully saturated rings. The highest BCUT2D eigenvalue weighted by Crippen LogP contribution is 2.36. The van der Waals surface area contributed by atoms with Gasteiger partial charge in [-0.25, -0.2) is 0 Å². The van der Waals surface area contributed by atoms with Gasteiger partial charge in [0.1, 0.15) is 0 Å². The number of hydrogen-bond acceptors (Lipinski definition) is 4. The van der Waals surface area contributed by atoms with Gasteiger partial charge in [-0.2, -0.15) is 0 Å². The zero-order valence-electron chi connectivity index (χ0n) is 19.7. The van der Waals surface area contributed by atoms with Crippen LogP contribution in [0.2, 0.25) is 0 Å². The summed E-state index contributed by atoms with van der Waals surface area (Å²) in [5, 5.41) is 8.08. The lowest BCUT2D eigenvalue weighted by Gasteiger charge is -2.25. The maximum absolute atomic E-state index is 13.3. The molecule has 1 aromatic carbocycles. The number of benzene rings is 1. The second-order valence-corrected chi connectivity index (χ2v) is 9.52. The summed E-state index contributed by atoms with van der Waals surface area (Å²) in [6, 6.07) is 16.2. The number of aromatic nitrogens is 3. The highest BCUT2D eigenvalue weighted by molar-refractivity contribution is 5.90. The Kier molecular flexibility index (Phi) is 6.41. The minimum absolute atomic E-state index is 0.0160. The number of hydrogen-bond donors (Lipinski definition) is 2. The lowest BCUT2D eigenvalue weighted by atomic mass is 9.94. The fourth-order valence-electron chi connectivity index (χ4n) is 4.98. The number of carbonyl (C=O) groups is 1. The first-order valence-electron chi connectivity index (χ1n) is 12.0. The second kappa shape index (κ2) is 9.77. The maximum Gasteiger partial charge on any atom is 0.237 e. The SMILES string of the molecule is CC(C)CC1NC(C(=O)NCc2ccccn2)Cc2cn(Cc3ccncc3)c3cccc1c23. The molecule has 1 amide bonds. The molecule has 4 aromatic rings. The van der Waals surface area contributed by atoms with Crippen LogP contribution in [0.1, 0.15) is 48.7 Å². The van der Waals surface area contributed by atoms with Gasteiger partial charge in [0.15, 0.2) is 0 Å². The van der Waals surface area contributed by atoms with Crippen LogP contribution in [0.3, 0.4) is 0 Å². The van der Waals surface area contributed by atoms with Crippen LogP contribution in [-0.2, 0) is 24.3 Å². The van der Waals surface area contributed by atoms with Gasteiger partial charge in [-0.1, -0.05) is 32.0 Å². The standard InChI is InChI=1S/C28H31N5O/c1-19(2)14-24-23-7-5-8-26-27(23)21(18-33(26)17-20-9-12-29-13-10-20)15-25(32-24)28(34)31-16-22-6-3-4-11-30-22/h3-13,18-19,24-25,32H,14-17H2,1-2H3,(H,31,34). The van der Waals surface area contributed by atoms with Crippen molar-refractivity contribution in [1.29, 1.82) is 0 Å². The second-order valence-electron chi connectivity index (χ2n) is 9.52. The summed E-state index contributed by atoms with van der Waals surface area (Å²) in [4.78, 5) is 21.8. The largest absolute Gasteiger partial charge is 0.349 e. The zero-order chi connectivity index (χ0) is 23.5. The Hall–Kier alpha value is -3.51. The van der Waals surface area contributed by atoms with E-state index < -0.39 is 0 Å². The molecule has 34 heavy (non-hydrogen) atoms. The lowest BCUT2D eigenvalue weighted by Crippen LogP contribution is -2.46. The van der Waals surface area contributed by atoms with Crippen LogP contribution in [0.25, 0.3) is 10.9 Å². The van der Waals surface area contributed by atoms with Crippen molar-refractivity contribution in [2.45, 2.75) is 51.9 Å². The minimum Gasteiger partial charge on any atom is -0.349 e. The first kappa shape index (κ1) is 22.3. The molecule has 174 valence electrons. The molecule has 2 N–H and O–H groups in total. The first-order valence-corrected chi connectivity index (χ1v) is 12.0. The molecule has 0 radical (unpaired) electrons. The summed E-state index contributed by atoms with van der Waals surface area (Å²) in [6.07, 6.45) is 9.27. The Bertz CT molecular complexity index is 1270. The predicted molar refractivity (Wildman–Crippen MR) is 134 cm³/mol. The van der Waals surface area contributed by atoms with Gasteiger partial charge in [-0.05, 0) is 65.8 Å². The van der Waals surface area contributed by atoms with E-state index in [9.17, 15) is 4.79 Å². The number of rotatable bonds is 7. The summed E-state index contributed by atoms with van der Waals surface area (Å²) in [5.41, 5.74) is 5.79. The van der Waals surface area contributed by atoms with E-state index in [4.69, 9.17) is 0 Å². The molecule has 0 saturated heterocycles. The third-order valence-electron chi connectivity index (χ3n) is 6.51. The van der Waals surface area contributed by atoms with E-state index in [2.05, 4.69) is 75.5 Å². The van der Waals surface area contributed by atoms with Crippen molar-refractivity contribution in [3.63, 3.8) is 0 Å². The van der Waals surface area contributed by atoms with E-state index in [0.717, 1.165) is 18.7 Å². The van der Waals surface area contributed by atoms with E-state index in [1.165, 1.54) is 27.6 Å². The molecule has 1 aliphatic rings. The molecule has 6 heteroatoms. The lowest BCUT2D eigenvalue weighted by molar-refractivity contribution is -0.123. The van der Waals surface area contributed by atoms with Gasteiger partial charge in [0.25, 0.3) is 0 Å². The summed E-state index contributed by atoms with van der Waals surface area (Å²) in [5.74, 6) is 0.521. The monoisotopic (exact) mass is 453 g/mol. The highest BCUT2D eigenvalue weighted by atomic mass is 16.2. The van der Waals surface area contributed by atoms with Gasteiger partial charge in [0, 0.05) is 48.3 Å². The van der Waals surface area contributed by atoms with E-state index in [0.29, 0.717) is 18.9 Å². The fourth-order valence-corrected chi connectivity index (χ4v) is 4.98. The summed E-state index contributed by atoms with van der Waals surface area (Å²) in [7, 11) is 0. The van der Waals surface area contributed by atoms with Crippen LogP contribution in [0.4, 0.5) is 0 Å². The molecule has 5 rings (SSSR count). The Labute approximate surface area is 200 Å². The Morgan fingerprint density at radius 1 is 1.12 bits per heavy atom. The van der Waals surface area contributed by atoms with Crippen molar-refractivity contribution in [3.05, 3.63) is 95.7 Å². The van der Waals surface area contributed by atoms with Crippen LogP contribution in [0.5, 0.6) is 0 Å². The minimum atomic E-state index is -0.306. The maximum atomic E-state index is 13.3. The van der Waals surface area contributed by atoms with Crippen molar-refractivity contribution in [1.82, 2.24) is 25.2 Å². The third-order valence-corrected chi connectivity index (χ3v) is 6.51. The molecule has 0 spiro atoms. The molecule has 1 aliphatic heterocycles. The molecular weight excluding hydrogens is 422 g/mol. The molecule has 3 aromatic heterocycles.